The van der Waals surface area contributed by atoms with E-state index in [1.54, 1.807) is 0 Å². The normalized spacial score (nSPS) is 18.0. The van der Waals surface area contributed by atoms with Crippen LogP contribution in [-0.2, 0) is 0 Å². The third-order valence-electron chi connectivity index (χ3n) is 1.32. The van der Waals surface area contributed by atoms with Crippen molar-refractivity contribution in [1.29, 1.82) is 0 Å². The monoisotopic (exact) mass is 138 g/mol. The van der Waals surface area contributed by atoms with Crippen LogP contribution < -0.4 is 0 Å². The van der Waals surface area contributed by atoms with Crippen LogP contribution in [0, 0.1) is 13.8 Å². The van der Waals surface area contributed by atoms with E-state index in [2.05, 4.69) is 6.42 Å². The Labute approximate surface area is 83.0 Å². The van der Waals surface area contributed by atoms with E-state index in [0.717, 1.165) is 0 Å². The van der Waals surface area contributed by atoms with Gasteiger partial charge in [0.15, 0.2) is 0 Å². The van der Waals surface area contributed by atoms with Gasteiger partial charge in [0.25, 0.3) is 0 Å². The van der Waals surface area contributed by atoms with Crippen LogP contribution in [-0.4, -0.2) is 37.7 Å². The van der Waals surface area contributed by atoms with Gasteiger partial charge in [0, 0.05) is 0 Å². The molecule has 1 fully saturated rings. The van der Waals surface area contributed by atoms with Gasteiger partial charge in [-0.2, -0.15) is 12.8 Å². The van der Waals surface area contributed by atoms with Crippen molar-refractivity contribution in [2.24, 2.45) is 0 Å². The number of hydrogen-bond acceptors (Lipinski definition) is 0. The van der Waals surface area contributed by atoms with Crippen molar-refractivity contribution in [3.63, 3.8) is 0 Å². The van der Waals surface area contributed by atoms with Crippen LogP contribution in [0.4, 0.5) is 0 Å². The molecular formula is C7H14Ca. The minimum Gasteiger partial charge on any atom is -0.358 e. The molecule has 0 radical (unpaired) electrons. The maximum absolute atomic E-state index is 2.39. The third kappa shape index (κ3) is 5.40. The van der Waals surface area contributed by atoms with Gasteiger partial charge in [-0.25, -0.2) is 0 Å². The first-order valence-corrected chi connectivity index (χ1v) is 2.82. The van der Waals surface area contributed by atoms with Gasteiger partial charge in [-0.05, 0) is 0 Å². The molecule has 0 amide bonds. The summed E-state index contributed by atoms with van der Waals surface area (Å²) in [6.07, 6.45) is 9.50. The molecule has 0 spiro atoms. The summed E-state index contributed by atoms with van der Waals surface area (Å²) in [5.74, 6) is 0. The molecule has 0 N–H and O–H groups in total. The Hall–Kier alpha value is 1.26. The van der Waals surface area contributed by atoms with E-state index in [4.69, 9.17) is 0 Å². The Balaban J connectivity index is 0. The second kappa shape index (κ2) is 8.26. The molecule has 1 saturated carbocycles. The molecule has 0 aromatic heterocycles. The van der Waals surface area contributed by atoms with E-state index in [1.807, 2.05) is 0 Å². The Kier molecular flexibility index (Phi) is 12.4. The zero-order valence-corrected chi connectivity index (χ0v) is 8.03. The fourth-order valence-corrected chi connectivity index (χ4v) is 0.898. The third-order valence-corrected chi connectivity index (χ3v) is 1.32. The largest absolute Gasteiger partial charge is 2.00 e. The van der Waals surface area contributed by atoms with Gasteiger partial charge in [0.05, 0.1) is 0 Å². The average Bonchev–Trinajstić information content (AvgIpc) is 1.72. The Morgan fingerprint density at radius 2 is 1.38 bits per heavy atom. The molecule has 0 aromatic carbocycles. The van der Waals surface area contributed by atoms with Crippen molar-refractivity contribution in [3.05, 3.63) is 13.8 Å². The van der Waals surface area contributed by atoms with Crippen LogP contribution >= 0.6 is 0 Å². The first-order chi connectivity index (χ1) is 3.00. The van der Waals surface area contributed by atoms with Crippen LogP contribution in [0.5, 0.6) is 0 Å². The van der Waals surface area contributed by atoms with Crippen molar-refractivity contribution >= 4 is 37.7 Å². The first-order valence-electron chi connectivity index (χ1n) is 2.82. The van der Waals surface area contributed by atoms with Gasteiger partial charge >= 0.3 is 37.7 Å². The Morgan fingerprint density at radius 1 is 0.875 bits per heavy atom. The molecule has 8 heavy (non-hydrogen) atoms. The molecule has 0 aromatic rings. The molecule has 0 unspecified atom stereocenters. The van der Waals surface area contributed by atoms with Gasteiger partial charge in [0.2, 0.25) is 0 Å². The maximum atomic E-state index is 2.39. The summed E-state index contributed by atoms with van der Waals surface area (Å²) < 4.78 is 0. The molecule has 0 saturated heterocycles. The minimum absolute atomic E-state index is 0. The predicted molar refractivity (Wildman–Crippen MR) is 39.6 cm³/mol. The summed E-state index contributed by atoms with van der Waals surface area (Å²) in [6, 6.07) is 0. The van der Waals surface area contributed by atoms with Crippen LogP contribution in [0.15, 0.2) is 0 Å². The molecule has 1 heteroatoms. The standard InChI is InChI=1S/C6H11.CH3.Ca/c1-2-4-6-5-3-1;;/h1H,2-6H2;1H3;/q2*-1;+2. The van der Waals surface area contributed by atoms with Crippen molar-refractivity contribution in [3.8, 4) is 0 Å². The zero-order chi connectivity index (χ0) is 4.24. The summed E-state index contributed by atoms with van der Waals surface area (Å²) in [6.45, 7) is 0. The molecule has 0 bridgehead atoms. The molecule has 1 rings (SSSR count). The van der Waals surface area contributed by atoms with Crippen molar-refractivity contribution in [1.82, 2.24) is 0 Å². The maximum Gasteiger partial charge on any atom is 2.00 e. The van der Waals surface area contributed by atoms with Gasteiger partial charge in [-0.3, -0.25) is 0 Å². The molecule has 0 aliphatic heterocycles. The second-order valence-corrected chi connectivity index (χ2v) is 1.93. The van der Waals surface area contributed by atoms with Crippen LogP contribution in [0.1, 0.15) is 32.1 Å². The summed E-state index contributed by atoms with van der Waals surface area (Å²) in [4.78, 5) is 0. The van der Waals surface area contributed by atoms with Crippen molar-refractivity contribution in [2.45, 2.75) is 32.1 Å². The average molecular weight is 138 g/mol. The van der Waals surface area contributed by atoms with E-state index in [9.17, 15) is 0 Å². The fraction of sp³-hybridized carbons (Fsp3) is 0.714. The first kappa shape index (κ1) is 12.0. The second-order valence-electron chi connectivity index (χ2n) is 1.93. The summed E-state index contributed by atoms with van der Waals surface area (Å²) in [7, 11) is 0. The quantitative estimate of drug-likeness (QED) is 0.356. The van der Waals surface area contributed by atoms with Gasteiger partial charge in [0.1, 0.15) is 0 Å². The summed E-state index contributed by atoms with van der Waals surface area (Å²) >= 11 is 0. The van der Waals surface area contributed by atoms with Crippen LogP contribution in [0.2, 0.25) is 0 Å². The summed E-state index contributed by atoms with van der Waals surface area (Å²) in [5, 5.41) is 0. The Morgan fingerprint density at radius 3 is 1.50 bits per heavy atom. The molecule has 0 atom stereocenters. The SMILES string of the molecule is [CH-]1CCCCC1.[CH3-].[Ca+2]. The van der Waals surface area contributed by atoms with E-state index in [-0.39, 0.29) is 45.2 Å². The van der Waals surface area contributed by atoms with Crippen molar-refractivity contribution in [2.75, 3.05) is 0 Å². The number of hydrogen-bond donors (Lipinski definition) is 0. The van der Waals surface area contributed by atoms with Crippen LogP contribution in [0.25, 0.3) is 0 Å². The summed E-state index contributed by atoms with van der Waals surface area (Å²) in [5.41, 5.74) is 0. The fourth-order valence-electron chi connectivity index (χ4n) is 0.898. The molecule has 0 nitrogen and oxygen atoms in total. The topological polar surface area (TPSA) is 0 Å². The van der Waals surface area contributed by atoms with E-state index < -0.39 is 0 Å². The van der Waals surface area contributed by atoms with E-state index in [0.29, 0.717) is 0 Å². The smallest absolute Gasteiger partial charge is 0.358 e. The van der Waals surface area contributed by atoms with Crippen LogP contribution in [0.3, 0.4) is 0 Å². The molecular weight excluding hydrogens is 124 g/mol. The molecule has 0 heterocycles. The predicted octanol–water partition coefficient (Wildman–Crippen LogP) is 2.22. The van der Waals surface area contributed by atoms with Gasteiger partial charge < -0.3 is 13.8 Å². The molecule has 1 aliphatic rings. The Bertz CT molecular complexity index is 19.9. The molecule has 44 valence electrons. The van der Waals surface area contributed by atoms with E-state index in [1.165, 1.54) is 32.1 Å². The number of rotatable bonds is 0. The van der Waals surface area contributed by atoms with E-state index >= 15 is 0 Å². The zero-order valence-electron chi connectivity index (χ0n) is 5.82. The van der Waals surface area contributed by atoms with Gasteiger partial charge in [-0.1, -0.05) is 19.3 Å². The van der Waals surface area contributed by atoms with Gasteiger partial charge in [-0.15, -0.1) is 0 Å². The molecule has 1 aliphatic carbocycles. The van der Waals surface area contributed by atoms with Crippen molar-refractivity contribution < 1.29 is 0 Å². The minimum atomic E-state index is 0.